The van der Waals surface area contributed by atoms with Crippen molar-refractivity contribution in [3.8, 4) is 17.1 Å². The lowest BCUT2D eigenvalue weighted by atomic mass is 10.2. The Morgan fingerprint density at radius 3 is 3.07 bits per heavy atom. The lowest BCUT2D eigenvalue weighted by Crippen LogP contribution is -2.35. The van der Waals surface area contributed by atoms with Crippen molar-refractivity contribution in [2.75, 3.05) is 18.4 Å². The van der Waals surface area contributed by atoms with Gasteiger partial charge in [0.1, 0.15) is 6.61 Å². The second-order valence-corrected chi connectivity index (χ2v) is 7.24. The molecule has 138 valence electrons. The van der Waals surface area contributed by atoms with Crippen molar-refractivity contribution in [3.63, 3.8) is 0 Å². The first kappa shape index (κ1) is 17.8. The number of halogens is 1. The van der Waals surface area contributed by atoms with Crippen LogP contribution in [0.1, 0.15) is 12.0 Å². The largest absolute Gasteiger partial charge is 0.472 e. The smallest absolute Gasteiger partial charge is 0.223 e. The molecule has 0 unspecified atom stereocenters. The fraction of sp³-hybridized carbons (Fsp3) is 0.211. The molecule has 0 saturated carbocycles. The van der Waals surface area contributed by atoms with Gasteiger partial charge >= 0.3 is 0 Å². The molecule has 1 aliphatic rings. The first-order chi connectivity index (χ1) is 13.3. The van der Waals surface area contributed by atoms with E-state index in [1.165, 1.54) is 11.3 Å². The highest BCUT2D eigenvalue weighted by Crippen LogP contribution is 2.31. The van der Waals surface area contributed by atoms with E-state index in [4.69, 9.17) is 16.3 Å². The zero-order chi connectivity index (χ0) is 18.5. The van der Waals surface area contributed by atoms with E-state index >= 15 is 0 Å². The normalized spacial score (nSPS) is 13.6. The molecule has 1 aliphatic heterocycles. The maximum Gasteiger partial charge on any atom is 0.223 e. The van der Waals surface area contributed by atoms with Crippen LogP contribution in [0, 0.1) is 0 Å². The van der Waals surface area contributed by atoms with Crippen molar-refractivity contribution in [1.29, 1.82) is 0 Å². The lowest BCUT2D eigenvalue weighted by Gasteiger charge is -2.14. The van der Waals surface area contributed by atoms with E-state index in [0.29, 0.717) is 17.5 Å². The number of aromatic nitrogens is 2. The van der Waals surface area contributed by atoms with E-state index in [-0.39, 0.29) is 0 Å². The molecule has 1 aromatic carbocycles. The van der Waals surface area contributed by atoms with Gasteiger partial charge in [0.25, 0.3) is 0 Å². The topological polar surface area (TPSA) is 71.4 Å². The van der Waals surface area contributed by atoms with Crippen LogP contribution in [-0.2, 0) is 6.61 Å². The highest BCUT2D eigenvalue weighted by molar-refractivity contribution is 7.14. The van der Waals surface area contributed by atoms with Crippen molar-refractivity contribution in [2.45, 2.75) is 13.0 Å². The first-order valence-electron chi connectivity index (χ1n) is 8.61. The Kier molecular flexibility index (Phi) is 5.50. The number of rotatable bonds is 5. The maximum atomic E-state index is 6.04. The van der Waals surface area contributed by atoms with E-state index in [2.05, 4.69) is 25.6 Å². The molecule has 0 amide bonds. The van der Waals surface area contributed by atoms with Gasteiger partial charge in [-0.2, -0.15) is 0 Å². The standard InChI is InChI=1S/C19H18ClN5OS/c20-14-5-1-4-13(10-14)11-26-17-15(6-2-7-21-17)16-12-27-19(24-16)25-18-22-8-3-9-23-18/h1-2,4-7,10,12H,3,8-9,11H2,(H2,22,23,24,25). The van der Waals surface area contributed by atoms with Crippen molar-refractivity contribution in [1.82, 2.24) is 15.3 Å². The molecule has 4 rings (SSSR count). The Hall–Kier alpha value is -2.64. The molecule has 0 bridgehead atoms. The van der Waals surface area contributed by atoms with E-state index in [1.807, 2.05) is 41.8 Å². The third-order valence-corrected chi connectivity index (χ3v) is 4.93. The van der Waals surface area contributed by atoms with Crippen molar-refractivity contribution >= 4 is 34.0 Å². The lowest BCUT2D eigenvalue weighted by molar-refractivity contribution is 0.295. The molecule has 0 spiro atoms. The molecule has 0 aliphatic carbocycles. The van der Waals surface area contributed by atoms with Crippen LogP contribution in [0.5, 0.6) is 5.88 Å². The SMILES string of the molecule is Clc1cccc(COc2ncccc2-c2csc(NC3=NCCCN3)n2)c1. The summed E-state index contributed by atoms with van der Waals surface area (Å²) in [4.78, 5) is 13.4. The van der Waals surface area contributed by atoms with Gasteiger partial charge < -0.3 is 15.4 Å². The third-order valence-electron chi connectivity index (χ3n) is 3.94. The summed E-state index contributed by atoms with van der Waals surface area (Å²) in [5.41, 5.74) is 2.65. The van der Waals surface area contributed by atoms with Gasteiger partial charge in [-0.15, -0.1) is 11.3 Å². The molecule has 27 heavy (non-hydrogen) atoms. The van der Waals surface area contributed by atoms with Crippen LogP contribution in [0.3, 0.4) is 0 Å². The number of nitrogens with one attached hydrogen (secondary N) is 2. The molecule has 3 heterocycles. The average molecular weight is 400 g/mol. The fourth-order valence-corrected chi connectivity index (χ4v) is 3.57. The van der Waals surface area contributed by atoms with Gasteiger partial charge in [0.2, 0.25) is 5.88 Å². The fourth-order valence-electron chi connectivity index (χ4n) is 2.65. The predicted molar refractivity (Wildman–Crippen MR) is 110 cm³/mol. The molecule has 3 aromatic rings. The van der Waals surface area contributed by atoms with Gasteiger partial charge in [-0.25, -0.2) is 9.97 Å². The molecule has 2 N–H and O–H groups in total. The summed E-state index contributed by atoms with van der Waals surface area (Å²) in [6.45, 7) is 2.15. The van der Waals surface area contributed by atoms with E-state index in [9.17, 15) is 0 Å². The Labute approximate surface area is 166 Å². The quantitative estimate of drug-likeness (QED) is 0.672. The van der Waals surface area contributed by atoms with Gasteiger partial charge in [-0.1, -0.05) is 23.7 Å². The second-order valence-electron chi connectivity index (χ2n) is 5.95. The monoisotopic (exact) mass is 399 g/mol. The van der Waals surface area contributed by atoms with Crippen LogP contribution in [0.15, 0.2) is 53.0 Å². The molecule has 2 aromatic heterocycles. The maximum absolute atomic E-state index is 6.04. The summed E-state index contributed by atoms with van der Waals surface area (Å²) in [6, 6.07) is 11.4. The molecular weight excluding hydrogens is 382 g/mol. The number of pyridine rings is 1. The number of guanidine groups is 1. The summed E-state index contributed by atoms with van der Waals surface area (Å²) >= 11 is 7.55. The first-order valence-corrected chi connectivity index (χ1v) is 9.87. The van der Waals surface area contributed by atoms with Crippen LogP contribution in [-0.4, -0.2) is 29.0 Å². The molecule has 0 saturated heterocycles. The highest BCUT2D eigenvalue weighted by Gasteiger charge is 2.13. The minimum absolute atomic E-state index is 0.389. The van der Waals surface area contributed by atoms with Crippen LogP contribution in [0.4, 0.5) is 5.13 Å². The van der Waals surface area contributed by atoms with Gasteiger partial charge in [0.15, 0.2) is 11.1 Å². The zero-order valence-electron chi connectivity index (χ0n) is 14.5. The number of nitrogens with zero attached hydrogens (tertiary/aromatic N) is 3. The minimum atomic E-state index is 0.389. The van der Waals surface area contributed by atoms with Crippen molar-refractivity contribution < 1.29 is 4.74 Å². The number of benzene rings is 1. The van der Waals surface area contributed by atoms with Crippen molar-refractivity contribution in [2.24, 2.45) is 4.99 Å². The number of thiazole rings is 1. The van der Waals surface area contributed by atoms with Crippen LogP contribution >= 0.6 is 22.9 Å². The summed E-state index contributed by atoms with van der Waals surface area (Å²) in [5, 5.41) is 9.90. The molecule has 6 nitrogen and oxygen atoms in total. The van der Waals surface area contributed by atoms with Gasteiger partial charge in [0.05, 0.1) is 11.3 Å². The Balaban J connectivity index is 1.50. The van der Waals surface area contributed by atoms with E-state index in [1.54, 1.807) is 6.20 Å². The van der Waals surface area contributed by atoms with Crippen LogP contribution < -0.4 is 15.4 Å². The van der Waals surface area contributed by atoms with Crippen LogP contribution in [0.25, 0.3) is 11.3 Å². The Morgan fingerprint density at radius 1 is 1.26 bits per heavy atom. The zero-order valence-corrected chi connectivity index (χ0v) is 16.1. The minimum Gasteiger partial charge on any atom is -0.472 e. The number of ether oxygens (including phenoxy) is 1. The summed E-state index contributed by atoms with van der Waals surface area (Å²) in [6.07, 6.45) is 2.76. The van der Waals surface area contributed by atoms with Crippen molar-refractivity contribution in [3.05, 3.63) is 58.6 Å². The predicted octanol–water partition coefficient (Wildman–Crippen LogP) is 4.20. The molecule has 0 fully saturated rings. The highest BCUT2D eigenvalue weighted by atomic mass is 35.5. The summed E-state index contributed by atoms with van der Waals surface area (Å²) in [7, 11) is 0. The Morgan fingerprint density at radius 2 is 2.22 bits per heavy atom. The van der Waals surface area contributed by atoms with Crippen LogP contribution in [0.2, 0.25) is 5.02 Å². The average Bonchev–Trinajstić information content (AvgIpc) is 3.16. The second kappa shape index (κ2) is 8.37. The van der Waals surface area contributed by atoms with Gasteiger partial charge in [-0.3, -0.25) is 4.99 Å². The number of hydrogen-bond acceptors (Lipinski definition) is 7. The third kappa shape index (κ3) is 4.56. The molecule has 0 radical (unpaired) electrons. The van der Waals surface area contributed by atoms with E-state index in [0.717, 1.165) is 47.4 Å². The summed E-state index contributed by atoms with van der Waals surface area (Å²) in [5.74, 6) is 1.31. The van der Waals surface area contributed by atoms with Gasteiger partial charge in [0, 0.05) is 29.7 Å². The number of aliphatic imine (C=N–C) groups is 1. The molecule has 8 heteroatoms. The number of anilines is 1. The van der Waals surface area contributed by atoms with Gasteiger partial charge in [-0.05, 0) is 36.2 Å². The molecule has 0 atom stereocenters. The summed E-state index contributed by atoms with van der Waals surface area (Å²) < 4.78 is 5.93. The number of hydrogen-bond donors (Lipinski definition) is 2. The molecular formula is C19H18ClN5OS. The Bertz CT molecular complexity index is 959. The van der Waals surface area contributed by atoms with E-state index < -0.39 is 0 Å².